The summed E-state index contributed by atoms with van der Waals surface area (Å²) in [5.74, 6) is 0.561. The molecule has 1 unspecified atom stereocenters. The van der Waals surface area contributed by atoms with Gasteiger partial charge in [-0.1, -0.05) is 72.8 Å². The number of carbonyl (C=O) groups is 1. The van der Waals surface area contributed by atoms with Crippen molar-refractivity contribution in [1.29, 1.82) is 0 Å². The summed E-state index contributed by atoms with van der Waals surface area (Å²) in [6.45, 7) is 0. The van der Waals surface area contributed by atoms with Gasteiger partial charge in [-0.25, -0.2) is 0 Å². The predicted molar refractivity (Wildman–Crippen MR) is 101 cm³/mol. The zero-order valence-corrected chi connectivity index (χ0v) is 14.4. The van der Waals surface area contributed by atoms with Crippen LogP contribution < -0.4 is 4.74 Å². The highest BCUT2D eigenvalue weighted by Crippen LogP contribution is 2.30. The second-order valence-corrected chi connectivity index (χ2v) is 6.05. The topological polar surface area (TPSA) is 26.3 Å². The van der Waals surface area contributed by atoms with Gasteiger partial charge in [-0.3, -0.25) is 4.79 Å². The first-order chi connectivity index (χ1) is 12.3. The molecule has 0 aliphatic rings. The van der Waals surface area contributed by atoms with E-state index in [2.05, 4.69) is 12.1 Å². The Morgan fingerprint density at radius 1 is 0.840 bits per heavy atom. The SMILES string of the molecule is COc1ccccc1C(=O)C(CCc1ccccc1)c1ccccc1. The molecule has 0 heterocycles. The summed E-state index contributed by atoms with van der Waals surface area (Å²) in [6, 6.07) is 27.8. The van der Waals surface area contributed by atoms with Gasteiger partial charge < -0.3 is 4.74 Å². The van der Waals surface area contributed by atoms with Crippen LogP contribution in [0, 0.1) is 0 Å². The van der Waals surface area contributed by atoms with Crippen molar-refractivity contribution in [3.63, 3.8) is 0 Å². The number of hydrogen-bond donors (Lipinski definition) is 0. The van der Waals surface area contributed by atoms with Crippen molar-refractivity contribution in [2.75, 3.05) is 7.11 Å². The fourth-order valence-electron chi connectivity index (χ4n) is 3.13. The molecule has 2 heteroatoms. The first-order valence-corrected chi connectivity index (χ1v) is 8.55. The molecule has 3 rings (SSSR count). The summed E-state index contributed by atoms with van der Waals surface area (Å²) in [4.78, 5) is 13.3. The highest BCUT2D eigenvalue weighted by Gasteiger charge is 2.24. The third kappa shape index (κ3) is 4.16. The van der Waals surface area contributed by atoms with E-state index in [0.717, 1.165) is 18.4 Å². The van der Waals surface area contributed by atoms with E-state index in [-0.39, 0.29) is 11.7 Å². The van der Waals surface area contributed by atoms with Gasteiger partial charge in [0.1, 0.15) is 5.75 Å². The van der Waals surface area contributed by atoms with Crippen LogP contribution in [0.3, 0.4) is 0 Å². The zero-order chi connectivity index (χ0) is 17.5. The Balaban J connectivity index is 1.89. The maximum Gasteiger partial charge on any atom is 0.174 e. The van der Waals surface area contributed by atoms with E-state index in [1.807, 2.05) is 72.8 Å². The second kappa shape index (κ2) is 8.29. The molecule has 0 spiro atoms. The number of para-hydroxylation sites is 1. The number of carbonyl (C=O) groups excluding carboxylic acids is 1. The van der Waals surface area contributed by atoms with Gasteiger partial charge in [0.05, 0.1) is 12.7 Å². The van der Waals surface area contributed by atoms with Crippen molar-refractivity contribution in [3.05, 3.63) is 102 Å². The summed E-state index contributed by atoms with van der Waals surface area (Å²) in [7, 11) is 1.60. The van der Waals surface area contributed by atoms with E-state index < -0.39 is 0 Å². The zero-order valence-electron chi connectivity index (χ0n) is 14.4. The molecule has 0 fully saturated rings. The minimum atomic E-state index is -0.183. The molecule has 2 nitrogen and oxygen atoms in total. The summed E-state index contributed by atoms with van der Waals surface area (Å²) < 4.78 is 5.39. The fraction of sp³-hybridized carbons (Fsp3) is 0.174. The van der Waals surface area contributed by atoms with Crippen LogP contribution in [-0.2, 0) is 6.42 Å². The van der Waals surface area contributed by atoms with Crippen molar-refractivity contribution >= 4 is 5.78 Å². The Hall–Kier alpha value is -2.87. The maximum atomic E-state index is 13.3. The molecule has 0 aliphatic heterocycles. The van der Waals surface area contributed by atoms with Crippen LogP contribution in [0.25, 0.3) is 0 Å². The molecule has 0 saturated heterocycles. The van der Waals surface area contributed by atoms with Crippen molar-refractivity contribution in [1.82, 2.24) is 0 Å². The van der Waals surface area contributed by atoms with Crippen LogP contribution >= 0.6 is 0 Å². The first kappa shape index (κ1) is 17.0. The first-order valence-electron chi connectivity index (χ1n) is 8.55. The standard InChI is InChI=1S/C23H22O2/c1-25-22-15-9-8-14-21(22)23(24)20(19-12-6-3-7-13-19)17-16-18-10-4-2-5-11-18/h2-15,20H,16-17H2,1H3. The number of Topliss-reactive ketones (excluding diaryl/α,β-unsaturated/α-hetero) is 1. The van der Waals surface area contributed by atoms with E-state index >= 15 is 0 Å². The molecule has 126 valence electrons. The smallest absolute Gasteiger partial charge is 0.174 e. The number of rotatable bonds is 7. The van der Waals surface area contributed by atoms with E-state index in [1.54, 1.807) is 7.11 Å². The second-order valence-electron chi connectivity index (χ2n) is 6.05. The van der Waals surface area contributed by atoms with Crippen LogP contribution in [0.5, 0.6) is 5.75 Å². The molecule has 0 bridgehead atoms. The van der Waals surface area contributed by atoms with E-state index in [9.17, 15) is 4.79 Å². The number of aryl methyl sites for hydroxylation is 1. The van der Waals surface area contributed by atoms with E-state index in [1.165, 1.54) is 5.56 Å². The number of ketones is 1. The van der Waals surface area contributed by atoms with Gasteiger partial charge in [-0.2, -0.15) is 0 Å². The molecule has 0 radical (unpaired) electrons. The van der Waals surface area contributed by atoms with E-state index in [0.29, 0.717) is 11.3 Å². The monoisotopic (exact) mass is 330 g/mol. The van der Waals surface area contributed by atoms with Crippen LogP contribution in [0.1, 0.15) is 33.8 Å². The van der Waals surface area contributed by atoms with Gasteiger partial charge >= 0.3 is 0 Å². The number of methoxy groups -OCH3 is 1. The quantitative estimate of drug-likeness (QED) is 0.550. The highest BCUT2D eigenvalue weighted by molar-refractivity contribution is 6.03. The number of hydrogen-bond acceptors (Lipinski definition) is 2. The molecule has 0 aliphatic carbocycles. The third-order valence-corrected chi connectivity index (χ3v) is 4.46. The minimum absolute atomic E-state index is 0.111. The Bertz CT molecular complexity index is 810. The fourth-order valence-corrected chi connectivity index (χ4v) is 3.13. The van der Waals surface area contributed by atoms with Gasteiger partial charge in [-0.15, -0.1) is 0 Å². The normalized spacial score (nSPS) is 11.7. The average Bonchev–Trinajstić information content (AvgIpc) is 2.69. The summed E-state index contributed by atoms with van der Waals surface area (Å²) >= 11 is 0. The molecule has 3 aromatic rings. The lowest BCUT2D eigenvalue weighted by molar-refractivity contribution is 0.0952. The summed E-state index contributed by atoms with van der Waals surface area (Å²) in [6.07, 6.45) is 1.63. The van der Waals surface area contributed by atoms with Crippen LogP contribution in [0.4, 0.5) is 0 Å². The summed E-state index contributed by atoms with van der Waals surface area (Å²) in [5, 5.41) is 0. The Morgan fingerprint density at radius 2 is 1.44 bits per heavy atom. The molecule has 1 atom stereocenters. The van der Waals surface area contributed by atoms with Crippen LogP contribution in [0.15, 0.2) is 84.9 Å². The summed E-state index contributed by atoms with van der Waals surface area (Å²) in [5.41, 5.74) is 2.94. The van der Waals surface area contributed by atoms with Crippen LogP contribution in [-0.4, -0.2) is 12.9 Å². The van der Waals surface area contributed by atoms with Gasteiger partial charge in [0.2, 0.25) is 0 Å². The highest BCUT2D eigenvalue weighted by atomic mass is 16.5. The largest absolute Gasteiger partial charge is 0.496 e. The Labute approximate surface area is 149 Å². The lowest BCUT2D eigenvalue weighted by Gasteiger charge is -2.18. The lowest BCUT2D eigenvalue weighted by atomic mass is 9.85. The van der Waals surface area contributed by atoms with E-state index in [4.69, 9.17) is 4.74 Å². The molecule has 0 amide bonds. The van der Waals surface area contributed by atoms with Crippen molar-refractivity contribution in [2.45, 2.75) is 18.8 Å². The van der Waals surface area contributed by atoms with Gasteiger partial charge in [0.15, 0.2) is 5.78 Å². The van der Waals surface area contributed by atoms with Gasteiger partial charge in [0, 0.05) is 5.92 Å². The molecule has 0 N–H and O–H groups in total. The predicted octanol–water partition coefficient (Wildman–Crippen LogP) is 5.29. The molecule has 0 saturated carbocycles. The molecule has 0 aromatic heterocycles. The molecule has 25 heavy (non-hydrogen) atoms. The Morgan fingerprint density at radius 3 is 2.12 bits per heavy atom. The number of ether oxygens (including phenoxy) is 1. The van der Waals surface area contributed by atoms with Crippen molar-refractivity contribution in [2.24, 2.45) is 0 Å². The Kier molecular flexibility index (Phi) is 5.63. The molecule has 3 aromatic carbocycles. The van der Waals surface area contributed by atoms with Crippen molar-refractivity contribution < 1.29 is 9.53 Å². The maximum absolute atomic E-state index is 13.3. The lowest BCUT2D eigenvalue weighted by Crippen LogP contribution is -2.15. The van der Waals surface area contributed by atoms with Gasteiger partial charge in [0.25, 0.3) is 0 Å². The third-order valence-electron chi connectivity index (χ3n) is 4.46. The van der Waals surface area contributed by atoms with Crippen LogP contribution in [0.2, 0.25) is 0 Å². The minimum Gasteiger partial charge on any atom is -0.496 e. The molecular weight excluding hydrogens is 308 g/mol. The average molecular weight is 330 g/mol. The molecular formula is C23H22O2. The number of benzene rings is 3. The van der Waals surface area contributed by atoms with Crippen molar-refractivity contribution in [3.8, 4) is 5.75 Å². The van der Waals surface area contributed by atoms with Gasteiger partial charge in [-0.05, 0) is 36.1 Å².